The van der Waals surface area contributed by atoms with Crippen molar-refractivity contribution in [3.63, 3.8) is 0 Å². The quantitative estimate of drug-likeness (QED) is 0.402. The maximum absolute atomic E-state index is 8.06. The van der Waals surface area contributed by atoms with Crippen molar-refractivity contribution in [2.45, 2.75) is 0 Å². The molecular formula is H3AlMnNiO. The number of rotatable bonds is 0. The molecule has 0 aromatic carbocycles. The zero-order valence-electron chi connectivity index (χ0n) is 1.10. The monoisotopic (exact) mass is 159 g/mol. The molecule has 0 saturated carbocycles. The predicted molar refractivity (Wildman–Crippen MR) is 10.6 cm³/mol. The van der Waals surface area contributed by atoms with Crippen molar-refractivity contribution >= 4 is 17.4 Å². The summed E-state index contributed by atoms with van der Waals surface area (Å²) in [7, 11) is 0. The second-order valence-corrected chi connectivity index (χ2v) is 0. The van der Waals surface area contributed by atoms with Gasteiger partial charge in [0.1, 0.15) is 0 Å². The third-order valence-electron chi connectivity index (χ3n) is 0. The van der Waals surface area contributed by atoms with Crippen molar-refractivity contribution in [1.29, 1.82) is 0 Å². The fraction of sp³-hybridized carbons (Fsp3) is 0. The summed E-state index contributed by atoms with van der Waals surface area (Å²) in [5.74, 6) is 0. The van der Waals surface area contributed by atoms with Crippen LogP contribution in [0.4, 0.5) is 0 Å². The fourth-order valence-electron chi connectivity index (χ4n) is 0. The SMILES string of the molecule is [AlH3].[Ni].[O]=[Mn]. The molecule has 0 aliphatic rings. The van der Waals surface area contributed by atoms with Gasteiger partial charge in [-0.15, -0.1) is 0 Å². The van der Waals surface area contributed by atoms with Gasteiger partial charge in [-0.25, -0.2) is 0 Å². The van der Waals surface area contributed by atoms with E-state index in [9.17, 15) is 0 Å². The van der Waals surface area contributed by atoms with Crippen LogP contribution in [0, 0.1) is 0 Å². The zero-order chi connectivity index (χ0) is 2.00. The Kier molecular flexibility index (Phi) is 123. The summed E-state index contributed by atoms with van der Waals surface area (Å²) in [6, 6.07) is 0. The van der Waals surface area contributed by atoms with Crippen LogP contribution in [0.1, 0.15) is 0 Å². The number of hydrogen-bond donors (Lipinski definition) is 0. The summed E-state index contributed by atoms with van der Waals surface area (Å²) >= 11 is 1.69. The molecule has 29 valence electrons. The minimum atomic E-state index is 0. The van der Waals surface area contributed by atoms with E-state index in [1.54, 1.807) is 15.9 Å². The van der Waals surface area contributed by atoms with Crippen molar-refractivity contribution in [1.82, 2.24) is 0 Å². The Hall–Kier alpha value is 1.35. The van der Waals surface area contributed by atoms with Crippen LogP contribution in [0.5, 0.6) is 0 Å². The summed E-state index contributed by atoms with van der Waals surface area (Å²) in [6.07, 6.45) is 0. The van der Waals surface area contributed by atoms with E-state index in [4.69, 9.17) is 3.83 Å². The first kappa shape index (κ1) is 18.3. The van der Waals surface area contributed by atoms with E-state index in [-0.39, 0.29) is 33.9 Å². The molecule has 0 radical (unpaired) electrons. The van der Waals surface area contributed by atoms with Gasteiger partial charge in [-0.05, 0) is 0 Å². The molecule has 0 unspecified atom stereocenters. The molecule has 4 heteroatoms. The average molecular weight is 160 g/mol. The summed E-state index contributed by atoms with van der Waals surface area (Å²) < 4.78 is 8.06. The van der Waals surface area contributed by atoms with Gasteiger partial charge in [0.05, 0.1) is 0 Å². The summed E-state index contributed by atoms with van der Waals surface area (Å²) in [4.78, 5) is 0. The number of hydrogen-bond acceptors (Lipinski definition) is 1. The molecule has 0 fully saturated rings. The average Bonchev–Trinajstić information content (AvgIpc) is 1.00. The Morgan fingerprint density at radius 3 is 1.25 bits per heavy atom. The summed E-state index contributed by atoms with van der Waals surface area (Å²) in [5, 5.41) is 0. The van der Waals surface area contributed by atoms with Crippen molar-refractivity contribution in [3.8, 4) is 0 Å². The zero-order valence-corrected chi connectivity index (χ0v) is 3.27. The van der Waals surface area contributed by atoms with E-state index in [0.717, 1.165) is 0 Å². The molecule has 0 aliphatic carbocycles. The van der Waals surface area contributed by atoms with E-state index in [1.807, 2.05) is 0 Å². The van der Waals surface area contributed by atoms with Gasteiger partial charge < -0.3 is 0 Å². The van der Waals surface area contributed by atoms with Gasteiger partial charge in [-0.3, -0.25) is 0 Å². The maximum atomic E-state index is 8.06. The van der Waals surface area contributed by atoms with Crippen LogP contribution in [0.15, 0.2) is 0 Å². The van der Waals surface area contributed by atoms with E-state index >= 15 is 0 Å². The first-order valence-corrected chi connectivity index (χ1v) is 0.636. The molecule has 0 atom stereocenters. The van der Waals surface area contributed by atoms with Crippen molar-refractivity contribution in [2.75, 3.05) is 0 Å². The summed E-state index contributed by atoms with van der Waals surface area (Å²) in [5.41, 5.74) is 0. The topological polar surface area (TPSA) is 17.1 Å². The van der Waals surface area contributed by atoms with Crippen LogP contribution in [-0.4, -0.2) is 17.4 Å². The molecule has 0 aromatic rings. The van der Waals surface area contributed by atoms with Gasteiger partial charge in [0, 0.05) is 16.5 Å². The first-order valence-electron chi connectivity index (χ1n) is 0.154. The molecule has 0 saturated heterocycles. The molecule has 0 rings (SSSR count). The van der Waals surface area contributed by atoms with Gasteiger partial charge in [0.25, 0.3) is 0 Å². The second-order valence-electron chi connectivity index (χ2n) is 0. The van der Waals surface area contributed by atoms with Crippen LogP contribution < -0.4 is 0 Å². The van der Waals surface area contributed by atoms with Gasteiger partial charge >= 0.3 is 19.8 Å². The molecule has 0 aromatic heterocycles. The van der Waals surface area contributed by atoms with Crippen molar-refractivity contribution in [2.24, 2.45) is 0 Å². The summed E-state index contributed by atoms with van der Waals surface area (Å²) in [6.45, 7) is 0. The van der Waals surface area contributed by atoms with Crippen molar-refractivity contribution < 1.29 is 36.3 Å². The second kappa shape index (κ2) is 26.9. The Morgan fingerprint density at radius 2 is 1.25 bits per heavy atom. The van der Waals surface area contributed by atoms with Crippen molar-refractivity contribution in [3.05, 3.63) is 0 Å². The van der Waals surface area contributed by atoms with E-state index in [1.165, 1.54) is 0 Å². The Balaban J connectivity index is -0.00000000500. The van der Waals surface area contributed by atoms with Gasteiger partial charge in [0.15, 0.2) is 17.4 Å². The van der Waals surface area contributed by atoms with Gasteiger partial charge in [0.2, 0.25) is 0 Å². The Bertz CT molecular complexity index is 8.00. The molecular weight excluding hydrogens is 157 g/mol. The Morgan fingerprint density at radius 1 is 1.25 bits per heavy atom. The molecule has 0 heterocycles. The molecule has 1 nitrogen and oxygen atoms in total. The van der Waals surface area contributed by atoms with E-state index < -0.39 is 0 Å². The van der Waals surface area contributed by atoms with Gasteiger partial charge in [-0.1, -0.05) is 0 Å². The minimum absolute atomic E-state index is 0. The van der Waals surface area contributed by atoms with Crippen LogP contribution in [0.2, 0.25) is 0 Å². The van der Waals surface area contributed by atoms with Crippen LogP contribution in [0.25, 0.3) is 0 Å². The van der Waals surface area contributed by atoms with Crippen LogP contribution in [0.3, 0.4) is 0 Å². The standard InChI is InChI=1S/Al.Mn.Ni.O.3H. The van der Waals surface area contributed by atoms with E-state index in [0.29, 0.717) is 0 Å². The Labute approximate surface area is 53.6 Å². The first-order chi connectivity index (χ1) is 1.00. The predicted octanol–water partition coefficient (Wildman–Crippen LogP) is -1.31. The normalized spacial score (nSPS) is 1.00. The fourth-order valence-corrected chi connectivity index (χ4v) is 0. The van der Waals surface area contributed by atoms with Crippen LogP contribution >= 0.6 is 0 Å². The van der Waals surface area contributed by atoms with Crippen LogP contribution in [-0.2, 0) is 36.3 Å². The molecule has 0 aliphatic heterocycles. The van der Waals surface area contributed by atoms with E-state index in [2.05, 4.69) is 0 Å². The third kappa shape index (κ3) is 10.2. The molecule has 0 bridgehead atoms. The molecule has 0 amide bonds. The molecule has 0 N–H and O–H groups in total. The van der Waals surface area contributed by atoms with Gasteiger partial charge in [-0.2, -0.15) is 0 Å². The third-order valence-corrected chi connectivity index (χ3v) is 0. The molecule has 0 spiro atoms. The molecule has 4 heavy (non-hydrogen) atoms.